The number of hydrogen-bond donors (Lipinski definition) is 1. The zero-order valence-electron chi connectivity index (χ0n) is 13.1. The van der Waals surface area contributed by atoms with Crippen molar-refractivity contribution >= 4 is 33.1 Å². The molecule has 0 saturated carbocycles. The SMILES string of the molecule is COC(=O)c1ccccc1N/C=C(/C#N)S(=O)(=O)c1ccc(Cl)cc1. The van der Waals surface area contributed by atoms with E-state index in [1.165, 1.54) is 37.4 Å². The van der Waals surface area contributed by atoms with Crippen LogP contribution in [0.1, 0.15) is 10.4 Å². The number of nitriles is 1. The molecule has 0 amide bonds. The van der Waals surface area contributed by atoms with Gasteiger partial charge in [0.15, 0.2) is 4.91 Å². The molecular formula is C17H13ClN2O4S. The number of carbonyl (C=O) groups excluding carboxylic acids is 1. The number of nitrogens with one attached hydrogen (secondary N) is 1. The van der Waals surface area contributed by atoms with Crippen molar-refractivity contribution in [2.45, 2.75) is 4.90 Å². The van der Waals surface area contributed by atoms with E-state index in [1.54, 1.807) is 24.3 Å². The number of sulfone groups is 1. The van der Waals surface area contributed by atoms with Crippen molar-refractivity contribution in [3.05, 3.63) is 70.2 Å². The lowest BCUT2D eigenvalue weighted by Crippen LogP contribution is -2.08. The van der Waals surface area contributed by atoms with E-state index in [9.17, 15) is 18.5 Å². The van der Waals surface area contributed by atoms with Crippen molar-refractivity contribution in [2.24, 2.45) is 0 Å². The zero-order valence-corrected chi connectivity index (χ0v) is 14.6. The van der Waals surface area contributed by atoms with Gasteiger partial charge in [-0.2, -0.15) is 5.26 Å². The van der Waals surface area contributed by atoms with Crippen molar-refractivity contribution in [3.63, 3.8) is 0 Å². The number of hydrogen-bond acceptors (Lipinski definition) is 6. The average molecular weight is 377 g/mol. The lowest BCUT2D eigenvalue weighted by atomic mass is 10.2. The zero-order chi connectivity index (χ0) is 18.4. The third-order valence-electron chi connectivity index (χ3n) is 3.21. The average Bonchev–Trinajstić information content (AvgIpc) is 2.62. The maximum absolute atomic E-state index is 12.5. The van der Waals surface area contributed by atoms with E-state index in [1.807, 2.05) is 0 Å². The van der Waals surface area contributed by atoms with E-state index in [0.717, 1.165) is 6.20 Å². The van der Waals surface area contributed by atoms with Crippen molar-refractivity contribution in [2.75, 3.05) is 12.4 Å². The summed E-state index contributed by atoms with van der Waals surface area (Å²) in [7, 11) is -2.78. The summed E-state index contributed by atoms with van der Waals surface area (Å²) in [4.78, 5) is 11.2. The maximum Gasteiger partial charge on any atom is 0.339 e. The van der Waals surface area contributed by atoms with Crippen LogP contribution in [0.4, 0.5) is 5.69 Å². The number of esters is 1. The Bertz CT molecular complexity index is 961. The lowest BCUT2D eigenvalue weighted by molar-refractivity contribution is 0.0602. The molecule has 0 aliphatic rings. The monoisotopic (exact) mass is 376 g/mol. The van der Waals surface area contributed by atoms with Gasteiger partial charge in [-0.1, -0.05) is 23.7 Å². The van der Waals surface area contributed by atoms with Crippen LogP contribution in [0.15, 0.2) is 64.5 Å². The van der Waals surface area contributed by atoms with E-state index in [4.69, 9.17) is 11.6 Å². The van der Waals surface area contributed by atoms with E-state index >= 15 is 0 Å². The Morgan fingerprint density at radius 1 is 1.20 bits per heavy atom. The Hall–Kier alpha value is -2.82. The Labute approximate surface area is 150 Å². The van der Waals surface area contributed by atoms with E-state index in [-0.39, 0.29) is 10.5 Å². The number of nitrogens with zero attached hydrogens (tertiary/aromatic N) is 1. The van der Waals surface area contributed by atoms with Gasteiger partial charge in [0.1, 0.15) is 6.07 Å². The van der Waals surface area contributed by atoms with Crippen LogP contribution in [-0.4, -0.2) is 21.5 Å². The van der Waals surface area contributed by atoms with Crippen molar-refractivity contribution in [3.8, 4) is 6.07 Å². The molecule has 0 aromatic heterocycles. The largest absolute Gasteiger partial charge is 0.465 e. The number of methoxy groups -OCH3 is 1. The van der Waals surface area contributed by atoms with E-state index in [2.05, 4.69) is 10.1 Å². The minimum atomic E-state index is -4.01. The molecule has 6 nitrogen and oxygen atoms in total. The second kappa shape index (κ2) is 7.83. The number of para-hydroxylation sites is 1. The molecule has 0 spiro atoms. The fourth-order valence-electron chi connectivity index (χ4n) is 1.95. The van der Waals surface area contributed by atoms with Gasteiger partial charge in [0.05, 0.1) is 23.3 Å². The fourth-order valence-corrected chi connectivity index (χ4v) is 3.16. The number of halogens is 1. The molecule has 0 unspecified atom stereocenters. The van der Waals surface area contributed by atoms with Crippen LogP contribution in [0, 0.1) is 11.3 Å². The molecule has 25 heavy (non-hydrogen) atoms. The van der Waals surface area contributed by atoms with Gasteiger partial charge in [0.25, 0.3) is 0 Å². The van der Waals surface area contributed by atoms with Crippen LogP contribution >= 0.6 is 11.6 Å². The van der Waals surface area contributed by atoms with Crippen LogP contribution in [0.2, 0.25) is 5.02 Å². The standard InChI is InChI=1S/C17H13ClN2O4S/c1-24-17(21)15-4-2-3-5-16(15)20-11-14(10-19)25(22,23)13-8-6-12(18)7-9-13/h2-9,11,20H,1H3/b14-11-. The molecular weight excluding hydrogens is 364 g/mol. The van der Waals surface area contributed by atoms with Crippen molar-refractivity contribution in [1.29, 1.82) is 5.26 Å². The van der Waals surface area contributed by atoms with Crippen LogP contribution in [-0.2, 0) is 14.6 Å². The van der Waals surface area contributed by atoms with Crippen molar-refractivity contribution in [1.82, 2.24) is 0 Å². The first-order chi connectivity index (χ1) is 11.9. The molecule has 0 atom stereocenters. The third-order valence-corrected chi connectivity index (χ3v) is 5.15. The van der Waals surface area contributed by atoms with Crippen LogP contribution < -0.4 is 5.32 Å². The number of ether oxygens (including phenoxy) is 1. The van der Waals surface area contributed by atoms with Gasteiger partial charge in [0.2, 0.25) is 9.84 Å². The fraction of sp³-hybridized carbons (Fsp3) is 0.0588. The predicted molar refractivity (Wildman–Crippen MR) is 93.7 cm³/mol. The number of benzene rings is 2. The van der Waals surface area contributed by atoms with E-state index in [0.29, 0.717) is 10.7 Å². The van der Waals surface area contributed by atoms with Gasteiger partial charge in [-0.3, -0.25) is 0 Å². The summed E-state index contributed by atoms with van der Waals surface area (Å²) in [6.45, 7) is 0. The first-order valence-electron chi connectivity index (χ1n) is 6.95. The summed E-state index contributed by atoms with van der Waals surface area (Å²) < 4.78 is 29.7. The summed E-state index contributed by atoms with van der Waals surface area (Å²) in [6, 6.07) is 13.5. The molecule has 2 aromatic carbocycles. The minimum absolute atomic E-state index is 0.0623. The van der Waals surface area contributed by atoms with Crippen LogP contribution in [0.25, 0.3) is 0 Å². The third kappa shape index (κ3) is 4.18. The number of carbonyl (C=O) groups is 1. The molecule has 0 radical (unpaired) electrons. The Balaban J connectivity index is 2.38. The molecule has 0 aliphatic carbocycles. The summed E-state index contributed by atoms with van der Waals surface area (Å²) in [5.74, 6) is -0.587. The molecule has 2 rings (SSSR count). The Kier molecular flexibility index (Phi) is 5.80. The maximum atomic E-state index is 12.5. The van der Waals surface area contributed by atoms with E-state index < -0.39 is 20.7 Å². The number of allylic oxidation sites excluding steroid dienone is 1. The summed E-state index contributed by atoms with van der Waals surface area (Å²) in [6.07, 6.45) is 1.03. The second-order valence-electron chi connectivity index (χ2n) is 4.76. The normalized spacial score (nSPS) is 11.5. The number of anilines is 1. The molecule has 2 aromatic rings. The minimum Gasteiger partial charge on any atom is -0.465 e. The summed E-state index contributed by atoms with van der Waals surface area (Å²) in [5, 5.41) is 12.3. The van der Waals surface area contributed by atoms with Crippen LogP contribution in [0.3, 0.4) is 0 Å². The highest BCUT2D eigenvalue weighted by molar-refractivity contribution is 7.95. The Morgan fingerprint density at radius 3 is 2.44 bits per heavy atom. The molecule has 128 valence electrons. The molecule has 0 saturated heterocycles. The smallest absolute Gasteiger partial charge is 0.339 e. The molecule has 1 N–H and O–H groups in total. The van der Waals surface area contributed by atoms with Gasteiger partial charge < -0.3 is 10.1 Å². The van der Waals surface area contributed by atoms with Gasteiger partial charge in [-0.25, -0.2) is 13.2 Å². The topological polar surface area (TPSA) is 96.3 Å². The molecule has 8 heteroatoms. The van der Waals surface area contributed by atoms with Gasteiger partial charge in [-0.05, 0) is 36.4 Å². The molecule has 0 bridgehead atoms. The molecule has 0 heterocycles. The predicted octanol–water partition coefficient (Wildman–Crippen LogP) is 3.38. The highest BCUT2D eigenvalue weighted by Gasteiger charge is 2.21. The second-order valence-corrected chi connectivity index (χ2v) is 7.11. The highest BCUT2D eigenvalue weighted by atomic mass is 35.5. The quantitative estimate of drug-likeness (QED) is 0.634. The first kappa shape index (κ1) is 18.5. The highest BCUT2D eigenvalue weighted by Crippen LogP contribution is 2.22. The summed E-state index contributed by atoms with van der Waals surface area (Å²) in [5.41, 5.74) is 0.524. The first-order valence-corrected chi connectivity index (χ1v) is 8.81. The van der Waals surface area contributed by atoms with Crippen molar-refractivity contribution < 1.29 is 17.9 Å². The molecule has 0 fully saturated rings. The van der Waals surface area contributed by atoms with Gasteiger partial charge in [0, 0.05) is 11.2 Å². The Morgan fingerprint density at radius 2 is 1.84 bits per heavy atom. The number of rotatable bonds is 5. The lowest BCUT2D eigenvalue weighted by Gasteiger charge is -2.08. The van der Waals surface area contributed by atoms with Gasteiger partial charge in [-0.15, -0.1) is 0 Å². The van der Waals surface area contributed by atoms with Gasteiger partial charge >= 0.3 is 5.97 Å². The van der Waals surface area contributed by atoms with Crippen LogP contribution in [0.5, 0.6) is 0 Å². The molecule has 0 aliphatic heterocycles. The summed E-state index contributed by atoms with van der Waals surface area (Å²) >= 11 is 5.75.